The standard InChI is InChI=1S/C70H56N5O.Pt/c1-68(2,3)49-35-36-71-66(39-49)74-60-26-15-14-25-54(60)55-32-31-53(43-65(55)74)76-52-24-18-23-50(40-52)72-44-73(64-28-17-16-27-63(64)72)51-41-58-67-59(42-51)70(6,7)57-38-48(46-21-12-9-13-22-46)30-34-62(57)75(67)61-33-29-47(37-56(61)69(58,4)5)45-19-10-8-11-20-45;/h8-39,41-42,44H,1-7H3;/q-3;. The van der Waals surface area contributed by atoms with Gasteiger partial charge in [0.1, 0.15) is 5.82 Å². The number of aromatic nitrogens is 2. The second-order valence-electron chi connectivity index (χ2n) is 22.6. The normalized spacial score (nSPS) is 14.7. The molecule has 3 aliphatic rings. The van der Waals surface area contributed by atoms with Crippen LogP contribution in [-0.4, -0.2) is 9.55 Å². The fourth-order valence-electron chi connectivity index (χ4n) is 12.1. The molecule has 77 heavy (non-hydrogen) atoms. The van der Waals surface area contributed by atoms with Gasteiger partial charge in [-0.15, -0.1) is 48.1 Å². The van der Waals surface area contributed by atoms with Crippen LogP contribution >= 0.6 is 0 Å². The largest absolute Gasteiger partial charge is 0.509 e. The van der Waals surface area contributed by atoms with Crippen LogP contribution in [0.5, 0.6) is 11.5 Å². The molecule has 9 aromatic carbocycles. The minimum Gasteiger partial charge on any atom is -0.509 e. The molecule has 380 valence electrons. The van der Waals surface area contributed by atoms with Crippen LogP contribution in [0.2, 0.25) is 0 Å². The average molecular weight is 1180 g/mol. The van der Waals surface area contributed by atoms with Crippen molar-refractivity contribution >= 4 is 61.6 Å². The average Bonchev–Trinajstić information content (AvgIpc) is 4.17. The Morgan fingerprint density at radius 2 is 1.08 bits per heavy atom. The van der Waals surface area contributed by atoms with Crippen molar-refractivity contribution < 1.29 is 25.8 Å². The Morgan fingerprint density at radius 3 is 1.71 bits per heavy atom. The zero-order valence-corrected chi connectivity index (χ0v) is 46.4. The summed E-state index contributed by atoms with van der Waals surface area (Å²) in [4.78, 5) is 12.0. The second-order valence-corrected chi connectivity index (χ2v) is 22.6. The summed E-state index contributed by atoms with van der Waals surface area (Å²) in [5, 5.41) is 2.23. The molecule has 0 fully saturated rings. The maximum Gasteiger partial charge on any atom is 0.135 e. The second kappa shape index (κ2) is 18.0. The first kappa shape index (κ1) is 48.5. The molecule has 0 radical (unpaired) electrons. The van der Waals surface area contributed by atoms with Crippen LogP contribution in [0.3, 0.4) is 0 Å². The quantitative estimate of drug-likeness (QED) is 0.149. The number of para-hydroxylation sites is 3. The van der Waals surface area contributed by atoms with Crippen LogP contribution in [0.4, 0.5) is 39.8 Å². The number of hydrogen-bond donors (Lipinski definition) is 0. The minimum absolute atomic E-state index is 0. The predicted molar refractivity (Wildman–Crippen MR) is 313 cm³/mol. The van der Waals surface area contributed by atoms with Crippen LogP contribution in [0.15, 0.2) is 206 Å². The summed E-state index contributed by atoms with van der Waals surface area (Å²) in [5.74, 6) is 2.04. The van der Waals surface area contributed by atoms with Crippen molar-refractivity contribution in [3.8, 4) is 39.6 Å². The molecule has 6 nitrogen and oxygen atoms in total. The number of rotatable bonds is 7. The zero-order chi connectivity index (χ0) is 51.7. The topological polar surface area (TPSA) is 36.8 Å². The van der Waals surface area contributed by atoms with Gasteiger partial charge in [0.25, 0.3) is 0 Å². The molecule has 0 aliphatic carbocycles. The Bertz CT molecular complexity index is 4010. The first-order valence-electron chi connectivity index (χ1n) is 26.4. The molecule has 5 heterocycles. The van der Waals surface area contributed by atoms with Gasteiger partial charge in [-0.3, -0.25) is 0 Å². The SMILES string of the molecule is CC(C)(C)c1ccnc(-n2c3[c-]c(Oc4[c-]c(N5[CH-]N(c6cc7c8c(c6)C(C)(C)c6cc(-c9ccccc9)ccc6N8c6ccc(-c8ccccc8)cc6C7(C)C)c6ccccc65)ccc4)ccc3c3ccccc32)c1.[Pt]. The van der Waals surface area contributed by atoms with E-state index in [-0.39, 0.29) is 37.3 Å². The molecular formula is C70H56N5OPt-3. The van der Waals surface area contributed by atoms with Crippen molar-refractivity contribution in [2.24, 2.45) is 0 Å². The van der Waals surface area contributed by atoms with Gasteiger partial charge in [0.2, 0.25) is 0 Å². The molecule has 0 amide bonds. The summed E-state index contributed by atoms with van der Waals surface area (Å²) in [5.41, 5.74) is 20.3. The zero-order valence-electron chi connectivity index (χ0n) is 44.2. The molecule has 0 atom stereocenters. The minimum atomic E-state index is -0.353. The molecule has 2 aromatic heterocycles. The molecule has 0 saturated carbocycles. The number of pyridine rings is 1. The van der Waals surface area contributed by atoms with Crippen molar-refractivity contribution in [2.45, 2.75) is 64.7 Å². The van der Waals surface area contributed by atoms with E-state index in [1.165, 1.54) is 67.1 Å². The first-order valence-corrected chi connectivity index (χ1v) is 26.4. The number of anilines is 7. The molecule has 0 spiro atoms. The Kier molecular flexibility index (Phi) is 11.3. The van der Waals surface area contributed by atoms with Gasteiger partial charge in [0.15, 0.2) is 0 Å². The van der Waals surface area contributed by atoms with E-state index in [2.05, 4.69) is 269 Å². The monoisotopic (exact) mass is 1180 g/mol. The van der Waals surface area contributed by atoms with Gasteiger partial charge in [0, 0.05) is 72.2 Å². The molecule has 0 unspecified atom stereocenters. The van der Waals surface area contributed by atoms with Crippen LogP contribution in [0.25, 0.3) is 49.9 Å². The summed E-state index contributed by atoms with van der Waals surface area (Å²) >= 11 is 0. The summed E-state index contributed by atoms with van der Waals surface area (Å²) in [7, 11) is 0. The van der Waals surface area contributed by atoms with Gasteiger partial charge < -0.3 is 24.0 Å². The van der Waals surface area contributed by atoms with Gasteiger partial charge in [0.05, 0.1) is 17.1 Å². The maximum atomic E-state index is 6.73. The van der Waals surface area contributed by atoms with E-state index in [0.717, 1.165) is 50.4 Å². The first-order chi connectivity index (χ1) is 36.8. The number of hydrogen-bond acceptors (Lipinski definition) is 5. The molecular weight excluding hydrogens is 1120 g/mol. The van der Waals surface area contributed by atoms with Gasteiger partial charge >= 0.3 is 0 Å². The Labute approximate surface area is 466 Å². The van der Waals surface area contributed by atoms with Crippen molar-refractivity contribution in [1.82, 2.24) is 9.55 Å². The fourth-order valence-corrected chi connectivity index (χ4v) is 12.1. The Balaban J connectivity index is 0.00000566. The van der Waals surface area contributed by atoms with Gasteiger partial charge in [-0.1, -0.05) is 157 Å². The van der Waals surface area contributed by atoms with E-state index in [9.17, 15) is 0 Å². The van der Waals surface area contributed by atoms with Crippen molar-refractivity contribution in [2.75, 3.05) is 14.7 Å². The Hall–Kier alpha value is -8.18. The fraction of sp³-hybridized carbons (Fsp3) is 0.143. The number of fused-ring (bicyclic) bond motifs is 8. The van der Waals surface area contributed by atoms with E-state index in [1.807, 2.05) is 24.4 Å². The maximum absolute atomic E-state index is 6.73. The summed E-state index contributed by atoms with van der Waals surface area (Å²) in [6, 6.07) is 79.6. The third-order valence-corrected chi connectivity index (χ3v) is 16.2. The smallest absolute Gasteiger partial charge is 0.135 e. The molecule has 0 N–H and O–H groups in total. The van der Waals surface area contributed by atoms with Crippen LogP contribution in [-0.2, 0) is 37.3 Å². The van der Waals surface area contributed by atoms with E-state index in [4.69, 9.17) is 9.72 Å². The van der Waals surface area contributed by atoms with E-state index in [0.29, 0.717) is 11.5 Å². The summed E-state index contributed by atoms with van der Waals surface area (Å²) in [6.07, 6.45) is 1.91. The van der Waals surface area contributed by atoms with Gasteiger partial charge in [-0.25, -0.2) is 4.98 Å². The summed E-state index contributed by atoms with van der Waals surface area (Å²) in [6.45, 7) is 18.5. The molecule has 0 saturated heterocycles. The number of benzene rings is 9. The van der Waals surface area contributed by atoms with Gasteiger partial charge in [-0.2, -0.15) is 12.1 Å². The molecule has 0 bridgehead atoms. The number of nitrogens with zero attached hydrogens (tertiary/aromatic N) is 5. The molecule has 7 heteroatoms. The molecule has 3 aliphatic heterocycles. The molecule has 14 rings (SSSR count). The van der Waals surface area contributed by atoms with E-state index < -0.39 is 0 Å². The summed E-state index contributed by atoms with van der Waals surface area (Å²) < 4.78 is 8.93. The van der Waals surface area contributed by atoms with E-state index in [1.54, 1.807) is 0 Å². The third-order valence-electron chi connectivity index (χ3n) is 16.2. The van der Waals surface area contributed by atoms with Crippen molar-refractivity contribution in [3.63, 3.8) is 0 Å². The van der Waals surface area contributed by atoms with Gasteiger partial charge in [-0.05, 0) is 128 Å². The van der Waals surface area contributed by atoms with Crippen molar-refractivity contribution in [3.05, 3.63) is 253 Å². The van der Waals surface area contributed by atoms with Crippen LogP contribution in [0.1, 0.15) is 76.3 Å². The number of ether oxygens (including phenoxy) is 1. The van der Waals surface area contributed by atoms with Crippen molar-refractivity contribution in [1.29, 1.82) is 0 Å². The Morgan fingerprint density at radius 1 is 0.494 bits per heavy atom. The molecule has 11 aromatic rings. The predicted octanol–water partition coefficient (Wildman–Crippen LogP) is 18.4. The third kappa shape index (κ3) is 7.74. The van der Waals surface area contributed by atoms with Crippen LogP contribution < -0.4 is 19.4 Å². The van der Waals surface area contributed by atoms with E-state index >= 15 is 0 Å². The van der Waals surface area contributed by atoms with Crippen LogP contribution in [0, 0.1) is 18.8 Å².